The van der Waals surface area contributed by atoms with E-state index in [0.717, 1.165) is 31.2 Å². The Balaban J connectivity index is 1.83. The van der Waals surface area contributed by atoms with Crippen LogP contribution in [0.15, 0.2) is 64.6 Å². The van der Waals surface area contributed by atoms with Crippen molar-refractivity contribution in [2.75, 3.05) is 13.1 Å². The monoisotopic (exact) mass is 543 g/mol. The summed E-state index contributed by atoms with van der Waals surface area (Å²) in [6, 6.07) is 16.1. The van der Waals surface area contributed by atoms with Crippen LogP contribution in [-0.4, -0.2) is 54.4 Å². The first-order valence-electron chi connectivity index (χ1n) is 13.5. The molecule has 4 N–H and O–H groups in total. The summed E-state index contributed by atoms with van der Waals surface area (Å²) < 4.78 is 29.0. The van der Waals surface area contributed by atoms with Crippen LogP contribution in [0.3, 0.4) is 0 Å². The lowest BCUT2D eigenvalue weighted by atomic mass is 9.86. The van der Waals surface area contributed by atoms with Crippen molar-refractivity contribution in [1.29, 1.82) is 0 Å². The molecule has 1 fully saturated rings. The van der Waals surface area contributed by atoms with E-state index in [1.165, 1.54) is 22.7 Å². The van der Waals surface area contributed by atoms with Crippen LogP contribution in [0.5, 0.6) is 0 Å². The van der Waals surface area contributed by atoms with E-state index in [-0.39, 0.29) is 41.5 Å². The van der Waals surface area contributed by atoms with Gasteiger partial charge in [-0.05, 0) is 73.1 Å². The van der Waals surface area contributed by atoms with E-state index >= 15 is 0 Å². The van der Waals surface area contributed by atoms with E-state index in [1.54, 1.807) is 12.1 Å². The number of oxime groups is 1. The average molecular weight is 544 g/mol. The molecule has 1 saturated carbocycles. The molecule has 0 bridgehead atoms. The molecule has 38 heavy (non-hydrogen) atoms. The van der Waals surface area contributed by atoms with Gasteiger partial charge >= 0.3 is 0 Å². The highest BCUT2D eigenvalue weighted by molar-refractivity contribution is 7.89. The number of rotatable bonds is 15. The Morgan fingerprint density at radius 3 is 2.37 bits per heavy atom. The second kappa shape index (κ2) is 14.4. The molecule has 3 atom stereocenters. The van der Waals surface area contributed by atoms with Gasteiger partial charge in [0.05, 0.1) is 17.2 Å². The average Bonchev–Trinajstić information content (AvgIpc) is 3.40. The zero-order chi connectivity index (χ0) is 27.5. The number of primary amides is 1. The first-order chi connectivity index (χ1) is 18.2. The van der Waals surface area contributed by atoms with Gasteiger partial charge in [-0.3, -0.25) is 4.79 Å². The van der Waals surface area contributed by atoms with Crippen LogP contribution < -0.4 is 5.73 Å². The van der Waals surface area contributed by atoms with Crippen LogP contribution in [0, 0.1) is 17.8 Å². The Morgan fingerprint density at radius 1 is 1.11 bits per heavy atom. The van der Waals surface area contributed by atoms with Crippen LogP contribution in [0.2, 0.25) is 0 Å². The minimum absolute atomic E-state index is 0.000381. The molecule has 2 aromatic rings. The molecule has 0 radical (unpaired) electrons. The fourth-order valence-electron chi connectivity index (χ4n) is 5.34. The SMILES string of the molecule is CC(CC[C@@H](Cc1ccccc1)[C@@H](O)CN(CC1CCCC1)S(=O)(=O)c1ccc(C=NO)cc1)CC(N)=O. The molecule has 0 aliphatic heterocycles. The number of hydrogen-bond acceptors (Lipinski definition) is 6. The van der Waals surface area contributed by atoms with E-state index in [1.807, 2.05) is 37.3 Å². The highest BCUT2D eigenvalue weighted by Crippen LogP contribution is 2.30. The van der Waals surface area contributed by atoms with Gasteiger partial charge in [-0.15, -0.1) is 0 Å². The number of sulfonamides is 1. The van der Waals surface area contributed by atoms with Gasteiger partial charge in [0.15, 0.2) is 0 Å². The van der Waals surface area contributed by atoms with Crippen molar-refractivity contribution in [1.82, 2.24) is 4.31 Å². The number of nitrogens with two attached hydrogens (primary N) is 1. The van der Waals surface area contributed by atoms with Crippen molar-refractivity contribution in [3.8, 4) is 0 Å². The summed E-state index contributed by atoms with van der Waals surface area (Å²) in [7, 11) is -3.86. The maximum absolute atomic E-state index is 13.8. The third-order valence-electron chi connectivity index (χ3n) is 7.52. The number of aliphatic hydroxyl groups excluding tert-OH is 1. The largest absolute Gasteiger partial charge is 0.411 e. The maximum atomic E-state index is 13.8. The van der Waals surface area contributed by atoms with Gasteiger partial charge < -0.3 is 16.0 Å². The van der Waals surface area contributed by atoms with Crippen molar-refractivity contribution in [2.24, 2.45) is 28.6 Å². The van der Waals surface area contributed by atoms with E-state index in [2.05, 4.69) is 5.16 Å². The molecule has 0 aromatic heterocycles. The van der Waals surface area contributed by atoms with E-state index < -0.39 is 16.1 Å². The molecule has 3 rings (SSSR count). The number of benzene rings is 2. The first kappa shape index (κ1) is 29.8. The van der Waals surface area contributed by atoms with E-state index in [9.17, 15) is 18.3 Å². The molecule has 0 saturated heterocycles. The van der Waals surface area contributed by atoms with Crippen molar-refractivity contribution in [3.05, 3.63) is 65.7 Å². The third-order valence-corrected chi connectivity index (χ3v) is 9.36. The quantitative estimate of drug-likeness (QED) is 0.176. The molecule has 2 aromatic carbocycles. The zero-order valence-corrected chi connectivity index (χ0v) is 23.0. The second-order valence-corrected chi connectivity index (χ2v) is 12.6. The molecule has 8 nitrogen and oxygen atoms in total. The van der Waals surface area contributed by atoms with Gasteiger partial charge in [0, 0.05) is 19.5 Å². The Morgan fingerprint density at radius 2 is 1.76 bits per heavy atom. The fourth-order valence-corrected chi connectivity index (χ4v) is 6.88. The van der Waals surface area contributed by atoms with E-state index in [4.69, 9.17) is 10.9 Å². The zero-order valence-electron chi connectivity index (χ0n) is 22.2. The van der Waals surface area contributed by atoms with E-state index in [0.29, 0.717) is 31.4 Å². The molecular weight excluding hydrogens is 502 g/mol. The van der Waals surface area contributed by atoms with Gasteiger partial charge in [-0.1, -0.05) is 67.4 Å². The topological polar surface area (TPSA) is 133 Å². The number of aliphatic hydroxyl groups is 1. The van der Waals surface area contributed by atoms with Crippen LogP contribution in [0.4, 0.5) is 0 Å². The molecular formula is C29H41N3O5S. The predicted octanol–water partition coefficient (Wildman–Crippen LogP) is 4.19. The number of nitrogens with zero attached hydrogens (tertiary/aromatic N) is 2. The number of carbonyl (C=O) groups is 1. The van der Waals surface area contributed by atoms with Crippen LogP contribution >= 0.6 is 0 Å². The van der Waals surface area contributed by atoms with Crippen LogP contribution in [-0.2, 0) is 21.2 Å². The summed E-state index contributed by atoms with van der Waals surface area (Å²) in [4.78, 5) is 11.5. The van der Waals surface area contributed by atoms with Crippen molar-refractivity contribution >= 4 is 22.1 Å². The van der Waals surface area contributed by atoms with Crippen LogP contribution in [0.1, 0.15) is 63.0 Å². The standard InChI is InChI=1S/C29H41N3O5S/c1-22(17-29(30)34)11-14-26(18-23-7-3-2-4-8-23)28(33)21-32(20-25-9-5-6-10-25)38(36,37)27-15-12-24(13-16-27)19-31-35/h2-4,7-8,12-13,15-16,19,22,25-26,28,33,35H,5-6,9-11,14,17-18,20-21H2,1H3,(H2,30,34)/t22?,26-,28-/m0/s1. The third kappa shape index (κ3) is 8.92. The summed E-state index contributed by atoms with van der Waals surface area (Å²) in [5.74, 6) is -0.182. The van der Waals surface area contributed by atoms with Gasteiger partial charge in [-0.2, -0.15) is 4.31 Å². The Hall–Kier alpha value is -2.75. The smallest absolute Gasteiger partial charge is 0.243 e. The summed E-state index contributed by atoms with van der Waals surface area (Å²) in [5.41, 5.74) is 7.03. The van der Waals surface area contributed by atoms with Gasteiger partial charge in [0.2, 0.25) is 15.9 Å². The summed E-state index contributed by atoms with van der Waals surface area (Å²) in [5, 5.41) is 23.3. The summed E-state index contributed by atoms with van der Waals surface area (Å²) >= 11 is 0. The summed E-state index contributed by atoms with van der Waals surface area (Å²) in [6.07, 6.45) is 6.74. The van der Waals surface area contributed by atoms with Gasteiger partial charge in [0.25, 0.3) is 0 Å². The molecule has 1 unspecified atom stereocenters. The lowest BCUT2D eigenvalue weighted by Gasteiger charge is -2.31. The van der Waals surface area contributed by atoms with Crippen molar-refractivity contribution in [2.45, 2.75) is 69.3 Å². The number of amides is 1. The fraction of sp³-hybridized carbons (Fsp3) is 0.517. The van der Waals surface area contributed by atoms with Crippen molar-refractivity contribution in [3.63, 3.8) is 0 Å². The minimum atomic E-state index is -3.86. The van der Waals surface area contributed by atoms with Gasteiger partial charge in [0.1, 0.15) is 0 Å². The molecule has 1 aliphatic carbocycles. The highest BCUT2D eigenvalue weighted by atomic mass is 32.2. The molecule has 208 valence electrons. The van der Waals surface area contributed by atoms with Crippen molar-refractivity contribution < 1.29 is 23.5 Å². The Bertz CT molecular complexity index is 1130. The normalized spacial score (nSPS) is 17.1. The Kier molecular flexibility index (Phi) is 11.3. The maximum Gasteiger partial charge on any atom is 0.243 e. The number of hydrogen-bond donors (Lipinski definition) is 3. The van der Waals surface area contributed by atoms with Crippen LogP contribution in [0.25, 0.3) is 0 Å². The highest BCUT2D eigenvalue weighted by Gasteiger charge is 2.32. The molecule has 1 aliphatic rings. The van der Waals surface area contributed by atoms with Gasteiger partial charge in [-0.25, -0.2) is 8.42 Å². The predicted molar refractivity (Wildman–Crippen MR) is 148 cm³/mol. The number of carbonyl (C=O) groups excluding carboxylic acids is 1. The summed E-state index contributed by atoms with van der Waals surface area (Å²) in [6.45, 7) is 2.34. The lowest BCUT2D eigenvalue weighted by molar-refractivity contribution is -0.118. The molecule has 0 heterocycles. The Labute approximate surface area is 226 Å². The second-order valence-electron chi connectivity index (χ2n) is 10.7. The first-order valence-corrected chi connectivity index (χ1v) is 14.9. The minimum Gasteiger partial charge on any atom is -0.411 e. The molecule has 9 heteroatoms. The lowest BCUT2D eigenvalue weighted by Crippen LogP contribution is -2.43. The molecule has 1 amide bonds. The molecule has 0 spiro atoms.